The molecule has 0 N–H and O–H groups in total. The van der Waals surface area contributed by atoms with Gasteiger partial charge in [-0.3, -0.25) is 9.69 Å². The summed E-state index contributed by atoms with van der Waals surface area (Å²) in [7, 11) is 0. The average Bonchev–Trinajstić information content (AvgIpc) is 2.45. The minimum atomic E-state index is -0.812. The van der Waals surface area contributed by atoms with Crippen molar-refractivity contribution in [2.75, 3.05) is 13.1 Å². The molecule has 0 aromatic heterocycles. The van der Waals surface area contributed by atoms with E-state index in [0.29, 0.717) is 13.0 Å². The molecule has 2 nitrogen and oxygen atoms in total. The van der Waals surface area contributed by atoms with E-state index in [1.807, 2.05) is 25.7 Å². The number of likely N-dealkylation sites (tertiary alicyclic amines) is 1. The zero-order valence-corrected chi connectivity index (χ0v) is 8.59. The predicted octanol–water partition coefficient (Wildman–Crippen LogP) is 1.64. The smallest absolute Gasteiger partial charge is 0.152 e. The van der Waals surface area contributed by atoms with Gasteiger partial charge in [0.05, 0.1) is 6.04 Å². The molecule has 76 valence electrons. The van der Waals surface area contributed by atoms with Gasteiger partial charge in [-0.25, -0.2) is 4.39 Å². The molecule has 0 radical (unpaired) electrons. The fourth-order valence-electron chi connectivity index (χ4n) is 1.88. The summed E-state index contributed by atoms with van der Waals surface area (Å²) in [6, 6.07) is -0.167. The average molecular weight is 187 g/mol. The van der Waals surface area contributed by atoms with E-state index in [1.54, 1.807) is 0 Å². The number of hydrogen-bond donors (Lipinski definition) is 0. The minimum Gasteiger partial charge on any atom is -0.298 e. The van der Waals surface area contributed by atoms with Crippen LogP contribution in [-0.2, 0) is 4.79 Å². The zero-order valence-electron chi connectivity index (χ0n) is 8.59. The molecule has 1 heterocycles. The molecule has 0 aromatic carbocycles. The summed E-state index contributed by atoms with van der Waals surface area (Å²) in [4.78, 5) is 13.6. The second kappa shape index (κ2) is 4.18. The van der Waals surface area contributed by atoms with Gasteiger partial charge in [-0.2, -0.15) is 0 Å². The van der Waals surface area contributed by atoms with E-state index in [2.05, 4.69) is 0 Å². The van der Waals surface area contributed by atoms with Crippen molar-refractivity contribution in [2.45, 2.75) is 39.4 Å². The van der Waals surface area contributed by atoms with Crippen LogP contribution in [0, 0.1) is 5.92 Å². The summed E-state index contributed by atoms with van der Waals surface area (Å²) < 4.78 is 13.0. The van der Waals surface area contributed by atoms with Gasteiger partial charge < -0.3 is 0 Å². The van der Waals surface area contributed by atoms with Crippen LogP contribution in [0.25, 0.3) is 0 Å². The Bertz CT molecular complexity index is 193. The first-order valence-corrected chi connectivity index (χ1v) is 4.98. The molecule has 0 bridgehead atoms. The van der Waals surface area contributed by atoms with Crippen LogP contribution in [0.4, 0.5) is 4.39 Å². The lowest BCUT2D eigenvalue weighted by atomic mass is 10.00. The largest absolute Gasteiger partial charge is 0.298 e. The van der Waals surface area contributed by atoms with Crippen LogP contribution in [0.2, 0.25) is 0 Å². The van der Waals surface area contributed by atoms with Crippen LogP contribution in [0.3, 0.4) is 0 Å². The van der Waals surface area contributed by atoms with Gasteiger partial charge in [0.25, 0.3) is 0 Å². The van der Waals surface area contributed by atoms with E-state index >= 15 is 0 Å². The first-order chi connectivity index (χ1) is 6.06. The summed E-state index contributed by atoms with van der Waals surface area (Å²) in [5, 5.41) is 0. The van der Waals surface area contributed by atoms with Crippen LogP contribution >= 0.6 is 0 Å². The van der Waals surface area contributed by atoms with E-state index in [9.17, 15) is 9.18 Å². The molecule has 1 aliphatic heterocycles. The molecule has 0 spiro atoms. The van der Waals surface area contributed by atoms with E-state index in [0.717, 1.165) is 6.54 Å². The lowest BCUT2D eigenvalue weighted by molar-refractivity contribution is -0.126. The number of nitrogens with zero attached hydrogens (tertiary/aromatic N) is 1. The van der Waals surface area contributed by atoms with Gasteiger partial charge in [-0.05, 0) is 6.54 Å². The Balaban J connectivity index is 2.62. The van der Waals surface area contributed by atoms with Crippen molar-refractivity contribution >= 4 is 5.78 Å². The van der Waals surface area contributed by atoms with Crippen LogP contribution < -0.4 is 0 Å². The number of carbonyl (C=O) groups is 1. The minimum absolute atomic E-state index is 0.0179. The highest BCUT2D eigenvalue weighted by molar-refractivity contribution is 5.86. The van der Waals surface area contributed by atoms with Crippen molar-refractivity contribution < 1.29 is 9.18 Å². The summed E-state index contributed by atoms with van der Waals surface area (Å²) in [5.41, 5.74) is 0. The Kier molecular flexibility index (Phi) is 3.42. The van der Waals surface area contributed by atoms with Crippen molar-refractivity contribution in [3.05, 3.63) is 0 Å². The second-order valence-electron chi connectivity index (χ2n) is 3.99. The number of alkyl halides is 1. The fraction of sp³-hybridized carbons (Fsp3) is 0.900. The Hall–Kier alpha value is -0.440. The highest BCUT2D eigenvalue weighted by atomic mass is 19.1. The number of hydrogen-bond acceptors (Lipinski definition) is 2. The van der Waals surface area contributed by atoms with Gasteiger partial charge in [0, 0.05) is 18.9 Å². The van der Waals surface area contributed by atoms with Crippen molar-refractivity contribution in [3.8, 4) is 0 Å². The number of likely N-dealkylation sites (N-methyl/N-ethyl adjacent to an activating group) is 1. The molecule has 0 aliphatic carbocycles. The lowest BCUT2D eigenvalue weighted by Crippen LogP contribution is -2.38. The van der Waals surface area contributed by atoms with Gasteiger partial charge in [0.15, 0.2) is 5.78 Å². The molecule has 0 amide bonds. The fourth-order valence-corrected chi connectivity index (χ4v) is 1.88. The SMILES string of the molecule is CCN1CC(F)CC1C(=O)C(C)C. The quantitative estimate of drug-likeness (QED) is 0.669. The Morgan fingerprint density at radius 3 is 2.69 bits per heavy atom. The van der Waals surface area contributed by atoms with E-state index < -0.39 is 6.17 Å². The van der Waals surface area contributed by atoms with Crippen LogP contribution in [0.15, 0.2) is 0 Å². The molecule has 1 saturated heterocycles. The normalized spacial score (nSPS) is 29.9. The number of carbonyl (C=O) groups excluding carboxylic acids is 1. The standard InChI is InChI=1S/C10H18FNO/c1-4-12-6-8(11)5-9(12)10(13)7(2)3/h7-9H,4-6H2,1-3H3. The highest BCUT2D eigenvalue weighted by Crippen LogP contribution is 2.22. The second-order valence-corrected chi connectivity index (χ2v) is 3.99. The van der Waals surface area contributed by atoms with Crippen LogP contribution in [0.5, 0.6) is 0 Å². The van der Waals surface area contributed by atoms with Crippen LogP contribution in [-0.4, -0.2) is 36.0 Å². The number of Topliss-reactive ketones (excluding diaryl/α,β-unsaturated/α-hetero) is 1. The zero-order chi connectivity index (χ0) is 10.0. The van der Waals surface area contributed by atoms with Crippen molar-refractivity contribution in [1.82, 2.24) is 4.90 Å². The highest BCUT2D eigenvalue weighted by Gasteiger charge is 2.36. The third kappa shape index (κ3) is 2.27. The molecule has 0 saturated carbocycles. The maximum absolute atomic E-state index is 13.0. The summed E-state index contributed by atoms with van der Waals surface area (Å²) in [6.45, 7) is 6.92. The third-order valence-corrected chi connectivity index (χ3v) is 2.66. The Morgan fingerprint density at radius 2 is 2.23 bits per heavy atom. The van der Waals surface area contributed by atoms with Gasteiger partial charge in [-0.15, -0.1) is 0 Å². The first-order valence-electron chi connectivity index (χ1n) is 4.98. The summed E-state index contributed by atoms with van der Waals surface area (Å²) in [6.07, 6.45) is -0.419. The molecular weight excluding hydrogens is 169 g/mol. The molecule has 1 fully saturated rings. The topological polar surface area (TPSA) is 20.3 Å². The van der Waals surface area contributed by atoms with Gasteiger partial charge in [0.2, 0.25) is 0 Å². The van der Waals surface area contributed by atoms with E-state index in [4.69, 9.17) is 0 Å². The molecule has 13 heavy (non-hydrogen) atoms. The molecule has 1 aliphatic rings. The van der Waals surface area contributed by atoms with Crippen molar-refractivity contribution in [3.63, 3.8) is 0 Å². The van der Waals surface area contributed by atoms with Gasteiger partial charge >= 0.3 is 0 Å². The molecule has 2 unspecified atom stereocenters. The molecule has 3 heteroatoms. The maximum Gasteiger partial charge on any atom is 0.152 e. The predicted molar refractivity (Wildman–Crippen MR) is 50.4 cm³/mol. The van der Waals surface area contributed by atoms with E-state index in [-0.39, 0.29) is 17.7 Å². The van der Waals surface area contributed by atoms with Crippen molar-refractivity contribution in [2.24, 2.45) is 5.92 Å². The molecule has 0 aromatic rings. The van der Waals surface area contributed by atoms with Gasteiger partial charge in [0.1, 0.15) is 6.17 Å². The molecular formula is C10H18FNO. The molecule has 1 rings (SSSR count). The maximum atomic E-state index is 13.0. The lowest BCUT2D eigenvalue weighted by Gasteiger charge is -2.22. The monoisotopic (exact) mass is 187 g/mol. The number of ketones is 1. The summed E-state index contributed by atoms with van der Waals surface area (Å²) >= 11 is 0. The number of halogens is 1. The first kappa shape index (κ1) is 10.6. The van der Waals surface area contributed by atoms with E-state index in [1.165, 1.54) is 0 Å². The van der Waals surface area contributed by atoms with Crippen LogP contribution in [0.1, 0.15) is 27.2 Å². The third-order valence-electron chi connectivity index (χ3n) is 2.66. The Labute approximate surface area is 79.1 Å². The van der Waals surface area contributed by atoms with Crippen molar-refractivity contribution in [1.29, 1.82) is 0 Å². The summed E-state index contributed by atoms with van der Waals surface area (Å²) in [5.74, 6) is 0.200. The Morgan fingerprint density at radius 1 is 1.62 bits per heavy atom. The van der Waals surface area contributed by atoms with Gasteiger partial charge in [-0.1, -0.05) is 20.8 Å². The number of rotatable bonds is 3. The molecule has 2 atom stereocenters.